The van der Waals surface area contributed by atoms with Crippen molar-refractivity contribution in [2.24, 2.45) is 5.10 Å². The Kier molecular flexibility index (Phi) is 13.9. The highest BCUT2D eigenvalue weighted by Crippen LogP contribution is 2.35. The first kappa shape index (κ1) is 37.7. The average Bonchev–Trinajstić information content (AvgIpc) is 3.07. The number of ether oxygens (including phenoxy) is 5. The molecule has 0 aromatic heterocycles. The van der Waals surface area contributed by atoms with Gasteiger partial charge in [0.05, 0.1) is 47.3 Å². The predicted molar refractivity (Wildman–Crippen MR) is 198 cm³/mol. The van der Waals surface area contributed by atoms with Crippen LogP contribution in [0.1, 0.15) is 53.9 Å². The largest absolute Gasteiger partial charge is 0.490 e. The van der Waals surface area contributed by atoms with Crippen molar-refractivity contribution in [3.05, 3.63) is 95.3 Å². The molecule has 4 N–H and O–H groups in total. The zero-order chi connectivity index (χ0) is 35.5. The third-order valence-electron chi connectivity index (χ3n) is 6.98. The molecule has 2 amide bonds. The van der Waals surface area contributed by atoms with Crippen LogP contribution in [0.3, 0.4) is 0 Å². The Morgan fingerprint density at radius 3 is 2.45 bits per heavy atom. The van der Waals surface area contributed by atoms with Crippen LogP contribution in [0.25, 0.3) is 0 Å². The van der Waals surface area contributed by atoms with Crippen LogP contribution < -0.4 is 30.3 Å². The minimum atomic E-state index is -1.19. The van der Waals surface area contributed by atoms with Crippen LogP contribution >= 0.6 is 45.2 Å². The van der Waals surface area contributed by atoms with E-state index < -0.39 is 24.3 Å². The summed E-state index contributed by atoms with van der Waals surface area (Å²) in [6.07, 6.45) is 0.365. The molecule has 1 heterocycles. The number of hydrazone groups is 1. The minimum absolute atomic E-state index is 0.178. The normalized spacial score (nSPS) is 14.8. The number of rotatable bonds is 15. The van der Waals surface area contributed by atoms with Gasteiger partial charge in [0.15, 0.2) is 17.7 Å². The molecule has 0 unspecified atom stereocenters. The van der Waals surface area contributed by atoms with Gasteiger partial charge in [-0.3, -0.25) is 5.43 Å². The van der Waals surface area contributed by atoms with Crippen LogP contribution in [0.15, 0.2) is 71.0 Å². The summed E-state index contributed by atoms with van der Waals surface area (Å²) in [5, 5.41) is 20.2. The Balaban J connectivity index is 1.40. The molecule has 0 saturated heterocycles. The summed E-state index contributed by atoms with van der Waals surface area (Å²) >= 11 is 4.40. The van der Waals surface area contributed by atoms with Gasteiger partial charge in [-0.25, -0.2) is 14.4 Å². The molecule has 13 nitrogen and oxygen atoms in total. The fourth-order valence-electron chi connectivity index (χ4n) is 4.75. The van der Waals surface area contributed by atoms with E-state index >= 15 is 0 Å². The SMILES string of the molecule is CCOC(=O)c1ccc(COc2c(I)cc(I)cc2/C=N/N[C@@H](O)COc2ccc([C@H]3NC(=O)NC(C)=C3C(=O)OC)cc2OCC)cc1. The van der Waals surface area contributed by atoms with Gasteiger partial charge in [0.25, 0.3) is 0 Å². The number of carbonyl (C=O) groups excluding carboxylic acids is 3. The second-order valence-electron chi connectivity index (χ2n) is 10.4. The van der Waals surface area contributed by atoms with E-state index in [0.717, 1.165) is 12.7 Å². The molecule has 49 heavy (non-hydrogen) atoms. The molecule has 0 fully saturated rings. The van der Waals surface area contributed by atoms with E-state index in [4.69, 9.17) is 23.7 Å². The third kappa shape index (κ3) is 10.2. The molecular weight excluding hydrogens is 862 g/mol. The van der Waals surface area contributed by atoms with Crippen LogP contribution in [-0.4, -0.2) is 62.4 Å². The zero-order valence-corrected chi connectivity index (χ0v) is 31.5. The lowest BCUT2D eigenvalue weighted by atomic mass is 9.95. The Morgan fingerprint density at radius 1 is 1.00 bits per heavy atom. The molecular formula is C34H36I2N4O9. The number of halogens is 2. The minimum Gasteiger partial charge on any atom is -0.490 e. The molecule has 0 aliphatic carbocycles. The number of hydrogen-bond acceptors (Lipinski definition) is 11. The van der Waals surface area contributed by atoms with Gasteiger partial charge in [0.1, 0.15) is 19.0 Å². The number of carbonyl (C=O) groups is 3. The summed E-state index contributed by atoms with van der Waals surface area (Å²) in [7, 11) is 1.27. The number of amides is 2. The first-order valence-electron chi connectivity index (χ1n) is 15.1. The number of benzene rings is 3. The number of aliphatic hydroxyl groups is 1. The van der Waals surface area contributed by atoms with Crippen LogP contribution in [0, 0.1) is 7.14 Å². The van der Waals surface area contributed by atoms with Crippen LogP contribution in [0.4, 0.5) is 4.79 Å². The summed E-state index contributed by atoms with van der Waals surface area (Å²) in [5.74, 6) is 0.355. The second kappa shape index (κ2) is 18.1. The molecule has 260 valence electrons. The van der Waals surface area contributed by atoms with Crippen molar-refractivity contribution in [3.63, 3.8) is 0 Å². The standard InChI is InChI=1S/C34H36I2N4O9/c1-5-46-27-14-22(30-29(33(43)45-4)19(3)38-34(44)39-30)11-12-26(27)48-18-28(41)40-37-16-23-13-24(35)15-25(36)31(23)49-17-20-7-9-21(10-8-20)32(42)47-6-2/h7-16,28,30,40-41H,5-6,17-18H2,1-4H3,(H2,38,39,44)/b37-16+/t28-,30+/m0/s1. The summed E-state index contributed by atoms with van der Waals surface area (Å²) in [6.45, 7) is 5.90. The van der Waals surface area contributed by atoms with E-state index in [9.17, 15) is 19.5 Å². The quantitative estimate of drug-likeness (QED) is 0.0526. The number of nitrogens with zero attached hydrogens (tertiary/aromatic N) is 1. The highest BCUT2D eigenvalue weighted by Gasteiger charge is 2.32. The van der Waals surface area contributed by atoms with Crippen molar-refractivity contribution in [1.29, 1.82) is 0 Å². The van der Waals surface area contributed by atoms with E-state index in [1.165, 1.54) is 7.11 Å². The molecule has 0 spiro atoms. The monoisotopic (exact) mass is 898 g/mol. The lowest BCUT2D eigenvalue weighted by Crippen LogP contribution is -2.45. The second-order valence-corrected chi connectivity index (χ2v) is 12.8. The van der Waals surface area contributed by atoms with Crippen LogP contribution in [0.2, 0.25) is 0 Å². The summed E-state index contributed by atoms with van der Waals surface area (Å²) < 4.78 is 29.6. The van der Waals surface area contributed by atoms with Gasteiger partial charge < -0.3 is 39.4 Å². The van der Waals surface area contributed by atoms with Crippen LogP contribution in [0.5, 0.6) is 17.2 Å². The fourth-order valence-corrected chi connectivity index (χ4v) is 6.80. The summed E-state index contributed by atoms with van der Waals surface area (Å²) in [4.78, 5) is 36.6. The number of nitrogens with one attached hydrogen (secondary N) is 3. The van der Waals surface area contributed by atoms with Crippen LogP contribution in [-0.2, 0) is 20.9 Å². The Bertz CT molecular complexity index is 1730. The van der Waals surface area contributed by atoms with Gasteiger partial charge in [0, 0.05) is 14.8 Å². The highest BCUT2D eigenvalue weighted by atomic mass is 127. The summed E-state index contributed by atoms with van der Waals surface area (Å²) in [6, 6.07) is 14.7. The molecule has 1 aliphatic rings. The van der Waals surface area contributed by atoms with Crippen molar-refractivity contribution >= 4 is 69.4 Å². The van der Waals surface area contributed by atoms with E-state index in [-0.39, 0.29) is 24.8 Å². The van der Waals surface area contributed by atoms with Crippen molar-refractivity contribution in [1.82, 2.24) is 16.1 Å². The lowest BCUT2D eigenvalue weighted by molar-refractivity contribution is -0.136. The van der Waals surface area contributed by atoms with Gasteiger partial charge in [-0.05, 0) is 113 Å². The molecule has 15 heteroatoms. The number of urea groups is 1. The Morgan fingerprint density at radius 2 is 1.76 bits per heavy atom. The van der Waals surface area contributed by atoms with E-state index in [2.05, 4.69) is 66.3 Å². The maximum atomic E-state index is 12.5. The van der Waals surface area contributed by atoms with Crippen molar-refractivity contribution in [3.8, 4) is 17.2 Å². The lowest BCUT2D eigenvalue weighted by Gasteiger charge is -2.28. The third-order valence-corrected chi connectivity index (χ3v) is 8.41. The van der Waals surface area contributed by atoms with Gasteiger partial charge in [-0.15, -0.1) is 0 Å². The molecule has 0 bridgehead atoms. The van der Waals surface area contributed by atoms with Gasteiger partial charge in [-0.2, -0.15) is 5.10 Å². The highest BCUT2D eigenvalue weighted by molar-refractivity contribution is 14.1. The molecule has 2 atom stereocenters. The van der Waals surface area contributed by atoms with E-state index in [1.54, 1.807) is 50.4 Å². The van der Waals surface area contributed by atoms with Crippen molar-refractivity contribution < 1.29 is 43.2 Å². The first-order valence-corrected chi connectivity index (χ1v) is 17.3. The maximum absolute atomic E-state index is 12.5. The molecule has 4 rings (SSSR count). The smallest absolute Gasteiger partial charge is 0.338 e. The van der Waals surface area contributed by atoms with Gasteiger partial charge >= 0.3 is 18.0 Å². The zero-order valence-electron chi connectivity index (χ0n) is 27.2. The summed E-state index contributed by atoms with van der Waals surface area (Å²) in [5.41, 5.74) is 5.91. The van der Waals surface area contributed by atoms with Crippen molar-refractivity contribution in [2.45, 2.75) is 39.6 Å². The molecule has 3 aromatic carbocycles. The number of aliphatic hydroxyl groups excluding tert-OH is 1. The Labute approximate surface area is 311 Å². The van der Waals surface area contributed by atoms with E-state index in [0.29, 0.717) is 52.8 Å². The average molecular weight is 898 g/mol. The van der Waals surface area contributed by atoms with E-state index in [1.807, 2.05) is 31.2 Å². The number of hydrogen-bond donors (Lipinski definition) is 4. The first-order chi connectivity index (χ1) is 23.5. The Hall–Kier alpha value is -4.10. The molecule has 1 aliphatic heterocycles. The number of allylic oxidation sites excluding steroid dienone is 1. The number of esters is 2. The van der Waals surface area contributed by atoms with Crippen molar-refractivity contribution in [2.75, 3.05) is 26.9 Å². The molecule has 0 radical (unpaired) electrons. The fraction of sp³-hybridized carbons (Fsp3) is 0.294. The molecule has 0 saturated carbocycles. The van der Waals surface area contributed by atoms with Gasteiger partial charge in [0.2, 0.25) is 0 Å². The number of methoxy groups -OCH3 is 1. The molecule has 3 aromatic rings. The topological polar surface area (TPSA) is 166 Å². The van der Waals surface area contributed by atoms with Gasteiger partial charge in [-0.1, -0.05) is 18.2 Å². The maximum Gasteiger partial charge on any atom is 0.338 e. The predicted octanol–water partition coefficient (Wildman–Crippen LogP) is 5.17.